The van der Waals surface area contributed by atoms with Crippen molar-refractivity contribution in [1.29, 1.82) is 0 Å². The van der Waals surface area contributed by atoms with Crippen molar-refractivity contribution in [2.24, 2.45) is 0 Å². The Hall–Kier alpha value is -3.58. The summed E-state index contributed by atoms with van der Waals surface area (Å²) in [6.07, 6.45) is 2.50. The molecule has 7 heteroatoms. The van der Waals surface area contributed by atoms with Crippen LogP contribution in [0.3, 0.4) is 0 Å². The Kier molecular flexibility index (Phi) is 5.81. The van der Waals surface area contributed by atoms with Crippen molar-refractivity contribution in [1.82, 2.24) is 15.3 Å². The molecule has 30 heavy (non-hydrogen) atoms. The smallest absolute Gasteiger partial charge is 0.261 e. The van der Waals surface area contributed by atoms with E-state index in [2.05, 4.69) is 20.6 Å². The number of thiophene rings is 1. The predicted molar refractivity (Wildman–Crippen MR) is 120 cm³/mol. The number of rotatable bonds is 6. The number of fused-ring (bicyclic) bond motifs is 1. The highest BCUT2D eigenvalue weighted by atomic mass is 32.1. The Morgan fingerprint density at radius 1 is 1.03 bits per heavy atom. The molecular weight excluding hydrogens is 396 g/mol. The van der Waals surface area contributed by atoms with Crippen LogP contribution in [0.25, 0.3) is 22.3 Å². The number of hydrogen-bond acceptors (Lipinski definition) is 5. The summed E-state index contributed by atoms with van der Waals surface area (Å²) in [5.41, 5.74) is 4.96. The van der Waals surface area contributed by atoms with Crippen molar-refractivity contribution in [3.05, 3.63) is 76.6 Å². The molecule has 2 aromatic heterocycles. The van der Waals surface area contributed by atoms with Gasteiger partial charge < -0.3 is 10.6 Å². The standard InChI is InChI=1S/C23H20N4O2S/c1-2-15-9-10-16(20-13-24-17-6-3-4-7-18(17)26-20)12-19(15)27-22(28)14-25-23(29)21-8-5-11-30-21/h3-13H,2,14H2,1H3,(H,25,29)(H,27,28). The molecule has 0 bridgehead atoms. The van der Waals surface area contributed by atoms with E-state index in [-0.39, 0.29) is 18.4 Å². The van der Waals surface area contributed by atoms with Crippen molar-refractivity contribution in [3.8, 4) is 11.3 Å². The van der Waals surface area contributed by atoms with Gasteiger partial charge in [-0.25, -0.2) is 4.98 Å². The van der Waals surface area contributed by atoms with E-state index < -0.39 is 0 Å². The minimum Gasteiger partial charge on any atom is -0.342 e. The molecule has 0 saturated heterocycles. The van der Waals surface area contributed by atoms with Crippen LogP contribution in [0.4, 0.5) is 5.69 Å². The summed E-state index contributed by atoms with van der Waals surface area (Å²) >= 11 is 1.34. The van der Waals surface area contributed by atoms with E-state index >= 15 is 0 Å². The average molecular weight is 417 g/mol. The van der Waals surface area contributed by atoms with E-state index in [0.29, 0.717) is 10.6 Å². The highest BCUT2D eigenvalue weighted by molar-refractivity contribution is 7.12. The molecule has 2 aromatic carbocycles. The van der Waals surface area contributed by atoms with Gasteiger partial charge in [0, 0.05) is 11.3 Å². The van der Waals surface area contributed by atoms with Gasteiger partial charge in [-0.15, -0.1) is 11.3 Å². The number of amides is 2. The van der Waals surface area contributed by atoms with Crippen LogP contribution >= 0.6 is 11.3 Å². The molecule has 2 amide bonds. The summed E-state index contributed by atoms with van der Waals surface area (Å²) in [6, 6.07) is 17.1. The number of carbonyl (C=O) groups is 2. The fourth-order valence-corrected chi connectivity index (χ4v) is 3.75. The van der Waals surface area contributed by atoms with Crippen molar-refractivity contribution < 1.29 is 9.59 Å². The number of nitrogens with zero attached hydrogens (tertiary/aromatic N) is 2. The first-order valence-corrected chi connectivity index (χ1v) is 10.5. The zero-order valence-corrected chi connectivity index (χ0v) is 17.2. The maximum Gasteiger partial charge on any atom is 0.261 e. The minimum absolute atomic E-state index is 0.0973. The van der Waals surface area contributed by atoms with Gasteiger partial charge >= 0.3 is 0 Å². The second-order valence-electron chi connectivity index (χ2n) is 6.68. The first kappa shape index (κ1) is 19.7. The lowest BCUT2D eigenvalue weighted by molar-refractivity contribution is -0.115. The van der Waals surface area contributed by atoms with Crippen molar-refractivity contribution in [3.63, 3.8) is 0 Å². The van der Waals surface area contributed by atoms with Crippen molar-refractivity contribution >= 4 is 39.9 Å². The molecule has 0 unspecified atom stereocenters. The molecule has 0 aliphatic rings. The summed E-state index contributed by atoms with van der Waals surface area (Å²) in [5.74, 6) is -0.535. The monoisotopic (exact) mass is 416 g/mol. The molecular formula is C23H20N4O2S. The fourth-order valence-electron chi connectivity index (χ4n) is 3.11. The zero-order chi connectivity index (χ0) is 20.9. The molecule has 4 rings (SSSR count). The normalized spacial score (nSPS) is 10.7. The van der Waals surface area contributed by atoms with Crippen LogP contribution in [0, 0.1) is 0 Å². The van der Waals surface area contributed by atoms with Gasteiger partial charge in [-0.1, -0.05) is 37.3 Å². The largest absolute Gasteiger partial charge is 0.342 e. The van der Waals surface area contributed by atoms with Gasteiger partial charge in [0.05, 0.1) is 34.3 Å². The maximum atomic E-state index is 12.4. The number of para-hydroxylation sites is 2. The number of carbonyl (C=O) groups excluding carboxylic acids is 2. The van der Waals surface area contributed by atoms with E-state index in [4.69, 9.17) is 0 Å². The van der Waals surface area contributed by atoms with Gasteiger partial charge in [-0.05, 0) is 41.6 Å². The van der Waals surface area contributed by atoms with Gasteiger partial charge in [-0.3, -0.25) is 14.6 Å². The predicted octanol–water partition coefficient (Wildman–Crippen LogP) is 4.29. The Bertz CT molecular complexity index is 1210. The molecule has 0 radical (unpaired) electrons. The third-order valence-corrected chi connectivity index (χ3v) is 5.53. The third-order valence-electron chi connectivity index (χ3n) is 4.66. The third kappa shape index (κ3) is 4.36. The summed E-state index contributed by atoms with van der Waals surface area (Å²) in [7, 11) is 0. The molecule has 2 N–H and O–H groups in total. The molecule has 6 nitrogen and oxygen atoms in total. The van der Waals surface area contributed by atoms with Crippen LogP contribution in [0.15, 0.2) is 66.2 Å². The molecule has 0 spiro atoms. The zero-order valence-electron chi connectivity index (χ0n) is 16.4. The summed E-state index contributed by atoms with van der Waals surface area (Å²) in [6.45, 7) is 1.93. The second kappa shape index (κ2) is 8.84. The molecule has 0 aliphatic carbocycles. The lowest BCUT2D eigenvalue weighted by atomic mass is 10.0. The number of hydrogen-bond donors (Lipinski definition) is 2. The van der Waals surface area contributed by atoms with E-state index in [1.54, 1.807) is 18.3 Å². The number of anilines is 1. The van der Waals surface area contributed by atoms with Gasteiger partial charge in [0.2, 0.25) is 5.91 Å². The highest BCUT2D eigenvalue weighted by Crippen LogP contribution is 2.26. The molecule has 4 aromatic rings. The topological polar surface area (TPSA) is 84.0 Å². The van der Waals surface area contributed by atoms with Crippen LogP contribution < -0.4 is 10.6 Å². The summed E-state index contributed by atoms with van der Waals surface area (Å²) in [5, 5.41) is 7.38. The van der Waals surface area contributed by atoms with Crippen LogP contribution in [-0.4, -0.2) is 28.3 Å². The molecule has 0 fully saturated rings. The number of nitrogens with one attached hydrogen (secondary N) is 2. The number of benzene rings is 2. The molecule has 2 heterocycles. The van der Waals surface area contributed by atoms with Gasteiger partial charge in [0.25, 0.3) is 5.91 Å². The quantitative estimate of drug-likeness (QED) is 0.491. The lowest BCUT2D eigenvalue weighted by Gasteiger charge is -2.12. The SMILES string of the molecule is CCc1ccc(-c2cnc3ccccc3n2)cc1NC(=O)CNC(=O)c1cccs1. The lowest BCUT2D eigenvalue weighted by Crippen LogP contribution is -2.32. The van der Waals surface area contributed by atoms with Crippen molar-refractivity contribution in [2.75, 3.05) is 11.9 Å². The van der Waals surface area contributed by atoms with Crippen LogP contribution in [-0.2, 0) is 11.2 Å². The highest BCUT2D eigenvalue weighted by Gasteiger charge is 2.12. The fraction of sp³-hybridized carbons (Fsp3) is 0.130. The van der Waals surface area contributed by atoms with Crippen molar-refractivity contribution in [2.45, 2.75) is 13.3 Å². The van der Waals surface area contributed by atoms with E-state index in [1.165, 1.54) is 11.3 Å². The van der Waals surface area contributed by atoms with Crippen LogP contribution in [0.5, 0.6) is 0 Å². The maximum absolute atomic E-state index is 12.4. The number of aromatic nitrogens is 2. The molecule has 150 valence electrons. The van der Waals surface area contributed by atoms with Crippen LogP contribution in [0.1, 0.15) is 22.2 Å². The number of aryl methyl sites for hydroxylation is 1. The average Bonchev–Trinajstić information content (AvgIpc) is 3.32. The van der Waals surface area contributed by atoms with E-state index in [9.17, 15) is 9.59 Å². The first-order chi connectivity index (χ1) is 14.6. The van der Waals surface area contributed by atoms with Gasteiger partial charge in [0.1, 0.15) is 0 Å². The first-order valence-electron chi connectivity index (χ1n) is 9.60. The Morgan fingerprint density at radius 3 is 2.63 bits per heavy atom. The van der Waals surface area contributed by atoms with Crippen LogP contribution in [0.2, 0.25) is 0 Å². The minimum atomic E-state index is -0.281. The second-order valence-corrected chi connectivity index (χ2v) is 7.63. The van der Waals surface area contributed by atoms with E-state index in [0.717, 1.165) is 34.3 Å². The van der Waals surface area contributed by atoms with E-state index in [1.807, 2.05) is 54.8 Å². The van der Waals surface area contributed by atoms with Gasteiger partial charge in [-0.2, -0.15) is 0 Å². The summed E-state index contributed by atoms with van der Waals surface area (Å²) < 4.78 is 0. The Labute approximate surface area is 178 Å². The summed E-state index contributed by atoms with van der Waals surface area (Å²) in [4.78, 5) is 34.2. The molecule has 0 saturated carbocycles. The van der Waals surface area contributed by atoms with Gasteiger partial charge in [0.15, 0.2) is 0 Å². The molecule has 0 atom stereocenters. The Morgan fingerprint density at radius 2 is 1.87 bits per heavy atom. The Balaban J connectivity index is 1.52. The molecule has 0 aliphatic heterocycles.